The molecule has 0 bridgehead atoms. The fourth-order valence-electron chi connectivity index (χ4n) is 3.04. The van der Waals surface area contributed by atoms with Gasteiger partial charge in [0.1, 0.15) is 5.75 Å². The summed E-state index contributed by atoms with van der Waals surface area (Å²) < 4.78 is 5.46. The Morgan fingerprint density at radius 2 is 2.14 bits per heavy atom. The van der Waals surface area contributed by atoms with Gasteiger partial charge in [-0.3, -0.25) is 9.79 Å². The SMILES string of the molecule is CCCNC(=O)CCNC(=NC)NC1CCN(c2cc(Cl)ccc2OC)C1.I. The Balaban J connectivity index is 0.00000392. The lowest BCUT2D eigenvalue weighted by molar-refractivity contribution is -0.120. The Morgan fingerprint density at radius 1 is 1.36 bits per heavy atom. The first-order valence-corrected chi connectivity index (χ1v) is 9.77. The van der Waals surface area contributed by atoms with Crippen molar-refractivity contribution in [2.24, 2.45) is 4.99 Å². The number of benzene rings is 1. The van der Waals surface area contributed by atoms with E-state index in [1.54, 1.807) is 14.2 Å². The van der Waals surface area contributed by atoms with Crippen LogP contribution >= 0.6 is 35.6 Å². The lowest BCUT2D eigenvalue weighted by atomic mass is 10.2. The van der Waals surface area contributed by atoms with Gasteiger partial charge in [0.2, 0.25) is 5.91 Å². The zero-order valence-corrected chi connectivity index (χ0v) is 19.8. The molecule has 1 aliphatic heterocycles. The molecule has 0 radical (unpaired) electrons. The van der Waals surface area contributed by atoms with Crippen molar-refractivity contribution < 1.29 is 9.53 Å². The minimum Gasteiger partial charge on any atom is -0.495 e. The third kappa shape index (κ3) is 7.54. The van der Waals surface area contributed by atoms with Crippen molar-refractivity contribution in [2.75, 3.05) is 45.2 Å². The van der Waals surface area contributed by atoms with E-state index in [4.69, 9.17) is 16.3 Å². The molecule has 0 aliphatic carbocycles. The summed E-state index contributed by atoms with van der Waals surface area (Å²) in [6.07, 6.45) is 2.35. The molecule has 1 amide bonds. The standard InChI is InChI=1S/C19H30ClN5O2.HI/c1-4-9-22-18(26)7-10-23-19(21-2)24-15-8-11-25(13-15)16-12-14(20)5-6-17(16)27-3;/h5-6,12,15H,4,7-11,13H2,1-3H3,(H,22,26)(H2,21,23,24);1H. The van der Waals surface area contributed by atoms with Gasteiger partial charge in [-0.15, -0.1) is 24.0 Å². The number of halogens is 2. The van der Waals surface area contributed by atoms with Crippen LogP contribution in [0.25, 0.3) is 0 Å². The highest BCUT2D eigenvalue weighted by Crippen LogP contribution is 2.33. The first-order chi connectivity index (χ1) is 13.1. The first kappa shape index (κ1) is 24.6. The topological polar surface area (TPSA) is 78.0 Å². The van der Waals surface area contributed by atoms with Gasteiger partial charge in [0, 0.05) is 50.7 Å². The van der Waals surface area contributed by atoms with Crippen LogP contribution in [0.5, 0.6) is 5.75 Å². The second kappa shape index (κ2) is 12.9. The summed E-state index contributed by atoms with van der Waals surface area (Å²) in [5.41, 5.74) is 1.00. The number of rotatable bonds is 8. The molecule has 0 spiro atoms. The van der Waals surface area contributed by atoms with Crippen LogP contribution in [0.15, 0.2) is 23.2 Å². The van der Waals surface area contributed by atoms with Crippen molar-refractivity contribution in [1.82, 2.24) is 16.0 Å². The molecule has 1 saturated heterocycles. The average molecular weight is 524 g/mol. The number of hydrogen-bond donors (Lipinski definition) is 3. The molecule has 1 heterocycles. The maximum atomic E-state index is 11.7. The number of hydrogen-bond acceptors (Lipinski definition) is 4. The van der Waals surface area contributed by atoms with Gasteiger partial charge in [0.25, 0.3) is 0 Å². The van der Waals surface area contributed by atoms with E-state index in [1.165, 1.54) is 0 Å². The van der Waals surface area contributed by atoms with E-state index in [-0.39, 0.29) is 35.9 Å². The van der Waals surface area contributed by atoms with Crippen LogP contribution in [0.4, 0.5) is 5.69 Å². The van der Waals surface area contributed by atoms with Crippen LogP contribution in [-0.4, -0.2) is 58.2 Å². The minimum atomic E-state index is 0. The van der Waals surface area contributed by atoms with Crippen molar-refractivity contribution in [3.05, 3.63) is 23.2 Å². The number of ether oxygens (including phenoxy) is 1. The Bertz CT molecular complexity index is 659. The van der Waals surface area contributed by atoms with Gasteiger partial charge >= 0.3 is 0 Å². The molecule has 1 fully saturated rings. The molecular formula is C19H31ClIN5O2. The monoisotopic (exact) mass is 523 g/mol. The fourth-order valence-corrected chi connectivity index (χ4v) is 3.21. The van der Waals surface area contributed by atoms with E-state index in [9.17, 15) is 4.79 Å². The largest absolute Gasteiger partial charge is 0.495 e. The van der Waals surface area contributed by atoms with E-state index in [0.717, 1.165) is 43.9 Å². The Kier molecular flexibility index (Phi) is 11.4. The van der Waals surface area contributed by atoms with Crippen molar-refractivity contribution in [3.63, 3.8) is 0 Å². The van der Waals surface area contributed by atoms with E-state index in [2.05, 4.69) is 25.8 Å². The molecule has 0 saturated carbocycles. The van der Waals surface area contributed by atoms with Crippen LogP contribution < -0.4 is 25.6 Å². The van der Waals surface area contributed by atoms with Gasteiger partial charge < -0.3 is 25.6 Å². The summed E-state index contributed by atoms with van der Waals surface area (Å²) in [6, 6.07) is 5.92. The summed E-state index contributed by atoms with van der Waals surface area (Å²) in [4.78, 5) is 18.2. The van der Waals surface area contributed by atoms with Crippen molar-refractivity contribution in [2.45, 2.75) is 32.2 Å². The number of nitrogens with zero attached hydrogens (tertiary/aromatic N) is 2. The molecule has 9 heteroatoms. The number of aliphatic imine (C=N–C) groups is 1. The fraction of sp³-hybridized carbons (Fsp3) is 0.579. The van der Waals surface area contributed by atoms with E-state index < -0.39 is 0 Å². The highest BCUT2D eigenvalue weighted by molar-refractivity contribution is 14.0. The van der Waals surface area contributed by atoms with Gasteiger partial charge in [-0.2, -0.15) is 0 Å². The van der Waals surface area contributed by atoms with Crippen molar-refractivity contribution in [1.29, 1.82) is 0 Å². The maximum Gasteiger partial charge on any atom is 0.221 e. The highest BCUT2D eigenvalue weighted by atomic mass is 127. The van der Waals surface area contributed by atoms with Crippen molar-refractivity contribution in [3.8, 4) is 5.75 Å². The minimum absolute atomic E-state index is 0. The number of amides is 1. The average Bonchev–Trinajstić information content (AvgIpc) is 3.13. The predicted octanol–water partition coefficient (Wildman–Crippen LogP) is 2.63. The number of anilines is 1. The maximum absolute atomic E-state index is 11.7. The second-order valence-corrected chi connectivity index (χ2v) is 6.93. The number of nitrogens with one attached hydrogen (secondary N) is 3. The summed E-state index contributed by atoms with van der Waals surface area (Å²) >= 11 is 6.15. The van der Waals surface area contributed by atoms with Crippen LogP contribution in [0, 0.1) is 0 Å². The zero-order chi connectivity index (χ0) is 19.6. The van der Waals surface area contributed by atoms with Crippen LogP contribution in [-0.2, 0) is 4.79 Å². The summed E-state index contributed by atoms with van der Waals surface area (Å²) in [5, 5.41) is 10.2. The number of carbonyl (C=O) groups excluding carboxylic acids is 1. The Morgan fingerprint density at radius 3 is 2.82 bits per heavy atom. The summed E-state index contributed by atoms with van der Waals surface area (Å²) in [6.45, 7) is 5.04. The van der Waals surface area contributed by atoms with Crippen LogP contribution in [0.2, 0.25) is 5.02 Å². The van der Waals surface area contributed by atoms with Gasteiger partial charge in [-0.05, 0) is 31.0 Å². The number of guanidine groups is 1. The second-order valence-electron chi connectivity index (χ2n) is 6.49. The zero-order valence-electron chi connectivity index (χ0n) is 16.8. The molecule has 1 aromatic carbocycles. The van der Waals surface area contributed by atoms with E-state index >= 15 is 0 Å². The third-order valence-electron chi connectivity index (χ3n) is 4.45. The molecule has 2 rings (SSSR count). The van der Waals surface area contributed by atoms with Crippen LogP contribution in [0.3, 0.4) is 0 Å². The molecule has 28 heavy (non-hydrogen) atoms. The molecule has 1 aromatic rings. The van der Waals surface area contributed by atoms with Crippen LogP contribution in [0.1, 0.15) is 26.2 Å². The molecule has 7 nitrogen and oxygen atoms in total. The van der Waals surface area contributed by atoms with Gasteiger partial charge in [0.15, 0.2) is 5.96 Å². The molecule has 0 aromatic heterocycles. The van der Waals surface area contributed by atoms with E-state index in [1.807, 2.05) is 25.1 Å². The van der Waals surface area contributed by atoms with Gasteiger partial charge in [0.05, 0.1) is 12.8 Å². The number of methoxy groups -OCH3 is 1. The molecule has 1 unspecified atom stereocenters. The molecular weight excluding hydrogens is 493 g/mol. The molecule has 1 aliphatic rings. The van der Waals surface area contributed by atoms with Gasteiger partial charge in [-0.1, -0.05) is 18.5 Å². The number of carbonyl (C=O) groups is 1. The Hall–Kier alpha value is -1.42. The Labute approximate surface area is 189 Å². The molecule has 158 valence electrons. The van der Waals surface area contributed by atoms with Gasteiger partial charge in [-0.25, -0.2) is 0 Å². The molecule has 3 N–H and O–H groups in total. The van der Waals surface area contributed by atoms with Crippen molar-refractivity contribution >= 4 is 53.1 Å². The summed E-state index contributed by atoms with van der Waals surface area (Å²) in [7, 11) is 3.40. The first-order valence-electron chi connectivity index (χ1n) is 9.39. The highest BCUT2D eigenvalue weighted by Gasteiger charge is 2.25. The summed E-state index contributed by atoms with van der Waals surface area (Å²) in [5.74, 6) is 1.59. The lowest BCUT2D eigenvalue weighted by Gasteiger charge is -2.22. The molecule has 1 atom stereocenters. The van der Waals surface area contributed by atoms with E-state index in [0.29, 0.717) is 23.9 Å². The smallest absolute Gasteiger partial charge is 0.221 e. The quantitative estimate of drug-likeness (QED) is 0.277. The lowest BCUT2D eigenvalue weighted by Crippen LogP contribution is -2.45. The predicted molar refractivity (Wildman–Crippen MR) is 126 cm³/mol. The third-order valence-corrected chi connectivity index (χ3v) is 4.69. The normalized spacial score (nSPS) is 16.4.